The van der Waals surface area contributed by atoms with Gasteiger partial charge in [0.05, 0.1) is 0 Å². The van der Waals surface area contributed by atoms with Gasteiger partial charge < -0.3 is 15.1 Å². The van der Waals surface area contributed by atoms with Gasteiger partial charge in [0.15, 0.2) is 10.4 Å². The lowest BCUT2D eigenvalue weighted by Crippen LogP contribution is -2.29. The van der Waals surface area contributed by atoms with Gasteiger partial charge in [-0.05, 0) is 46.9 Å². The van der Waals surface area contributed by atoms with E-state index in [1.807, 2.05) is 0 Å². The number of hydrogen-bond acceptors (Lipinski definition) is 3. The Balaban J connectivity index is 2.03. The molecule has 1 saturated heterocycles. The highest BCUT2D eigenvalue weighted by atomic mass is 79.9. The van der Waals surface area contributed by atoms with Crippen LogP contribution in [0.1, 0.15) is 17.0 Å². The van der Waals surface area contributed by atoms with Gasteiger partial charge in [-0.2, -0.15) is 0 Å². The van der Waals surface area contributed by atoms with Crippen LogP contribution >= 0.6 is 15.9 Å². The molecule has 0 aliphatic carbocycles. The molecule has 2 N–H and O–H groups in total. The molecule has 1 aromatic heterocycles. The van der Waals surface area contributed by atoms with Crippen LogP contribution in [0, 0.1) is 5.92 Å². The average Bonchev–Trinajstić information content (AvgIpc) is 2.84. The number of hydrogen-bond donors (Lipinski definition) is 1. The first-order chi connectivity index (χ1) is 7.20. The summed E-state index contributed by atoms with van der Waals surface area (Å²) < 4.78 is 5.80. The largest absolute Gasteiger partial charge is 0.444 e. The predicted octanol–water partition coefficient (Wildman–Crippen LogP) is 1.46. The highest BCUT2D eigenvalue weighted by Crippen LogP contribution is 2.20. The molecule has 1 amide bonds. The van der Waals surface area contributed by atoms with E-state index in [0.717, 1.165) is 19.5 Å². The smallest absolute Gasteiger partial charge is 0.289 e. The number of likely N-dealkylation sites (tertiary alicyclic amines) is 1. The second-order valence-electron chi connectivity index (χ2n) is 3.75. The van der Waals surface area contributed by atoms with Gasteiger partial charge in [0.2, 0.25) is 0 Å². The first kappa shape index (κ1) is 10.7. The van der Waals surface area contributed by atoms with E-state index in [2.05, 4.69) is 15.9 Å². The number of carbonyl (C=O) groups is 1. The quantitative estimate of drug-likeness (QED) is 0.887. The Labute approximate surface area is 96.5 Å². The highest BCUT2D eigenvalue weighted by molar-refractivity contribution is 9.10. The molecule has 2 rings (SSSR count). The van der Waals surface area contributed by atoms with Crippen molar-refractivity contribution >= 4 is 21.8 Å². The minimum absolute atomic E-state index is 0.0448. The number of carbonyl (C=O) groups excluding carboxylic acids is 1. The maximum absolute atomic E-state index is 11.9. The molecule has 82 valence electrons. The molecule has 0 spiro atoms. The molecule has 1 atom stereocenters. The molecule has 1 aromatic rings. The van der Waals surface area contributed by atoms with Crippen LogP contribution in [-0.2, 0) is 0 Å². The third kappa shape index (κ3) is 2.23. The van der Waals surface area contributed by atoms with Gasteiger partial charge in [-0.15, -0.1) is 0 Å². The third-order valence-electron chi connectivity index (χ3n) is 2.69. The van der Waals surface area contributed by atoms with Crippen LogP contribution < -0.4 is 5.73 Å². The Morgan fingerprint density at radius 1 is 1.67 bits per heavy atom. The van der Waals surface area contributed by atoms with Crippen LogP contribution in [0.25, 0.3) is 0 Å². The molecular weight excluding hydrogens is 260 g/mol. The minimum Gasteiger partial charge on any atom is -0.444 e. The molecule has 0 radical (unpaired) electrons. The lowest BCUT2D eigenvalue weighted by atomic mass is 10.1. The van der Waals surface area contributed by atoms with Gasteiger partial charge >= 0.3 is 0 Å². The molecule has 5 heteroatoms. The van der Waals surface area contributed by atoms with Gasteiger partial charge in [-0.25, -0.2) is 0 Å². The molecule has 0 bridgehead atoms. The summed E-state index contributed by atoms with van der Waals surface area (Å²) >= 11 is 3.18. The van der Waals surface area contributed by atoms with E-state index in [1.54, 1.807) is 17.0 Å². The van der Waals surface area contributed by atoms with E-state index in [4.69, 9.17) is 10.2 Å². The number of halogens is 1. The summed E-state index contributed by atoms with van der Waals surface area (Å²) in [6.45, 7) is 2.16. The van der Waals surface area contributed by atoms with Gasteiger partial charge in [0.1, 0.15) is 0 Å². The van der Waals surface area contributed by atoms with Gasteiger partial charge in [-0.3, -0.25) is 4.79 Å². The van der Waals surface area contributed by atoms with Crippen LogP contribution in [0.4, 0.5) is 0 Å². The van der Waals surface area contributed by atoms with Crippen molar-refractivity contribution < 1.29 is 9.21 Å². The molecule has 15 heavy (non-hydrogen) atoms. The standard InChI is InChI=1S/C10H13BrN2O2/c11-9-2-1-8(15-9)10(14)13-4-3-7(5-12)6-13/h1-2,7H,3-6,12H2. The summed E-state index contributed by atoms with van der Waals surface area (Å²) in [7, 11) is 0. The molecule has 1 unspecified atom stereocenters. The summed E-state index contributed by atoms with van der Waals surface area (Å²) in [4.78, 5) is 13.7. The summed E-state index contributed by atoms with van der Waals surface area (Å²) in [6, 6.07) is 3.41. The Morgan fingerprint density at radius 3 is 3.00 bits per heavy atom. The molecule has 0 aromatic carbocycles. The zero-order chi connectivity index (χ0) is 10.8. The first-order valence-corrected chi connectivity index (χ1v) is 5.74. The summed E-state index contributed by atoms with van der Waals surface area (Å²) in [5.74, 6) is 0.781. The zero-order valence-electron chi connectivity index (χ0n) is 8.28. The van der Waals surface area contributed by atoms with Crippen LogP contribution in [0.2, 0.25) is 0 Å². The Hall–Kier alpha value is -0.810. The van der Waals surface area contributed by atoms with Crippen LogP contribution in [0.3, 0.4) is 0 Å². The maximum Gasteiger partial charge on any atom is 0.289 e. The number of amides is 1. The molecule has 0 saturated carbocycles. The summed E-state index contributed by atoms with van der Waals surface area (Å²) in [5, 5.41) is 0. The third-order valence-corrected chi connectivity index (χ3v) is 3.12. The van der Waals surface area contributed by atoms with Crippen molar-refractivity contribution in [3.8, 4) is 0 Å². The number of furan rings is 1. The maximum atomic E-state index is 11.9. The fraction of sp³-hybridized carbons (Fsp3) is 0.500. The summed E-state index contributed by atoms with van der Waals surface area (Å²) in [5.41, 5.74) is 5.57. The lowest BCUT2D eigenvalue weighted by molar-refractivity contribution is 0.0754. The first-order valence-electron chi connectivity index (χ1n) is 4.95. The van der Waals surface area contributed by atoms with E-state index in [9.17, 15) is 4.79 Å². The topological polar surface area (TPSA) is 59.5 Å². The monoisotopic (exact) mass is 272 g/mol. The number of nitrogens with zero attached hydrogens (tertiary/aromatic N) is 1. The highest BCUT2D eigenvalue weighted by Gasteiger charge is 2.27. The van der Waals surface area contributed by atoms with Crippen molar-refractivity contribution in [1.29, 1.82) is 0 Å². The van der Waals surface area contributed by atoms with Crippen molar-refractivity contribution in [3.05, 3.63) is 22.6 Å². The number of nitrogens with two attached hydrogens (primary N) is 1. The molecular formula is C10H13BrN2O2. The van der Waals surface area contributed by atoms with Crippen LogP contribution in [0.5, 0.6) is 0 Å². The van der Waals surface area contributed by atoms with Gasteiger partial charge in [-0.1, -0.05) is 0 Å². The molecule has 1 aliphatic heterocycles. The van der Waals surface area contributed by atoms with Gasteiger partial charge in [0.25, 0.3) is 5.91 Å². The minimum atomic E-state index is -0.0448. The van der Waals surface area contributed by atoms with Crippen molar-refractivity contribution in [2.45, 2.75) is 6.42 Å². The van der Waals surface area contributed by atoms with Crippen LogP contribution in [0.15, 0.2) is 21.2 Å². The van der Waals surface area contributed by atoms with Crippen molar-refractivity contribution in [1.82, 2.24) is 4.90 Å². The average molecular weight is 273 g/mol. The molecule has 1 fully saturated rings. The second kappa shape index (κ2) is 4.37. The molecule has 2 heterocycles. The van der Waals surface area contributed by atoms with E-state index < -0.39 is 0 Å². The Kier molecular flexibility index (Phi) is 3.11. The van der Waals surface area contributed by atoms with Crippen molar-refractivity contribution in [2.24, 2.45) is 11.7 Å². The zero-order valence-corrected chi connectivity index (χ0v) is 9.87. The normalized spacial score (nSPS) is 20.9. The fourth-order valence-corrected chi connectivity index (χ4v) is 2.10. The fourth-order valence-electron chi connectivity index (χ4n) is 1.79. The number of rotatable bonds is 2. The van der Waals surface area contributed by atoms with Gasteiger partial charge in [0, 0.05) is 13.1 Å². The van der Waals surface area contributed by atoms with E-state index >= 15 is 0 Å². The van der Waals surface area contributed by atoms with Crippen molar-refractivity contribution in [2.75, 3.05) is 19.6 Å². The molecule has 4 nitrogen and oxygen atoms in total. The Morgan fingerprint density at radius 2 is 2.47 bits per heavy atom. The predicted molar refractivity (Wildman–Crippen MR) is 59.5 cm³/mol. The van der Waals surface area contributed by atoms with E-state index in [0.29, 0.717) is 22.9 Å². The SMILES string of the molecule is NCC1CCN(C(=O)c2ccc(Br)o2)C1. The van der Waals surface area contributed by atoms with E-state index in [1.165, 1.54) is 0 Å². The van der Waals surface area contributed by atoms with E-state index in [-0.39, 0.29) is 5.91 Å². The Bertz CT molecular complexity index is 364. The molecule has 1 aliphatic rings. The lowest BCUT2D eigenvalue weighted by Gasteiger charge is -2.14. The second-order valence-corrected chi connectivity index (χ2v) is 4.53. The summed E-state index contributed by atoms with van der Waals surface area (Å²) in [6.07, 6.45) is 0.990. The van der Waals surface area contributed by atoms with Crippen molar-refractivity contribution in [3.63, 3.8) is 0 Å². The van der Waals surface area contributed by atoms with Crippen LogP contribution in [-0.4, -0.2) is 30.4 Å².